The number of methoxy groups -OCH3 is 1. The number of hydrogen-bond acceptors (Lipinski definition) is 3. The summed E-state index contributed by atoms with van der Waals surface area (Å²) in [4.78, 5) is 0. The van der Waals surface area contributed by atoms with E-state index in [0.29, 0.717) is 5.75 Å². The average Bonchev–Trinajstić information content (AvgIpc) is 2.19. The highest BCUT2D eigenvalue weighted by Gasteiger charge is 2.13. The van der Waals surface area contributed by atoms with E-state index in [9.17, 15) is 5.11 Å². The fourth-order valence-corrected chi connectivity index (χ4v) is 1.41. The van der Waals surface area contributed by atoms with E-state index in [0.717, 1.165) is 11.1 Å². The van der Waals surface area contributed by atoms with Gasteiger partial charge in [-0.1, -0.05) is 6.07 Å². The minimum absolute atomic E-state index is 0.115. The van der Waals surface area contributed by atoms with Gasteiger partial charge >= 0.3 is 0 Å². The molecule has 0 aliphatic rings. The molecule has 0 aromatic heterocycles. The van der Waals surface area contributed by atoms with Gasteiger partial charge in [-0.2, -0.15) is 0 Å². The van der Waals surface area contributed by atoms with Crippen molar-refractivity contribution in [1.82, 2.24) is 5.32 Å². The first-order valence-electron chi connectivity index (χ1n) is 4.65. The molecule has 2 N–H and O–H groups in total. The van der Waals surface area contributed by atoms with Gasteiger partial charge in [0, 0.05) is 11.6 Å². The predicted molar refractivity (Wildman–Crippen MR) is 56.9 cm³/mol. The summed E-state index contributed by atoms with van der Waals surface area (Å²) in [5.74, 6) is 0.752. The smallest absolute Gasteiger partial charge is 0.162 e. The second kappa shape index (κ2) is 4.33. The molecule has 3 heteroatoms. The Morgan fingerprint density at radius 1 is 1.43 bits per heavy atom. The molecule has 0 fully saturated rings. The van der Waals surface area contributed by atoms with E-state index in [-0.39, 0.29) is 11.8 Å². The Balaban J connectivity index is 3.21. The largest absolute Gasteiger partial charge is 0.504 e. The number of benzene rings is 1. The van der Waals surface area contributed by atoms with E-state index in [1.54, 1.807) is 7.11 Å². The molecule has 78 valence electrons. The molecule has 0 saturated heterocycles. The number of phenols is 1. The van der Waals surface area contributed by atoms with Crippen molar-refractivity contribution in [2.24, 2.45) is 0 Å². The Hall–Kier alpha value is -1.22. The van der Waals surface area contributed by atoms with Crippen molar-refractivity contribution >= 4 is 0 Å². The lowest BCUT2D eigenvalue weighted by atomic mass is 10.0. The molecule has 14 heavy (non-hydrogen) atoms. The van der Waals surface area contributed by atoms with E-state index >= 15 is 0 Å². The van der Waals surface area contributed by atoms with Crippen LogP contribution >= 0.6 is 0 Å². The summed E-state index contributed by atoms with van der Waals surface area (Å²) in [6.07, 6.45) is 0. The third-order valence-electron chi connectivity index (χ3n) is 2.37. The van der Waals surface area contributed by atoms with E-state index in [1.165, 1.54) is 0 Å². The summed E-state index contributed by atoms with van der Waals surface area (Å²) in [6, 6.07) is 3.89. The molecule has 0 saturated carbocycles. The summed E-state index contributed by atoms with van der Waals surface area (Å²) >= 11 is 0. The summed E-state index contributed by atoms with van der Waals surface area (Å²) in [5, 5.41) is 12.9. The number of phenolic OH excluding ortho intramolecular Hbond substituents is 1. The molecule has 1 atom stereocenters. The zero-order valence-corrected chi connectivity index (χ0v) is 9.09. The van der Waals surface area contributed by atoms with Gasteiger partial charge in [0.25, 0.3) is 0 Å². The summed E-state index contributed by atoms with van der Waals surface area (Å²) in [5.41, 5.74) is 1.95. The fraction of sp³-hybridized carbons (Fsp3) is 0.455. The maximum absolute atomic E-state index is 9.85. The van der Waals surface area contributed by atoms with Gasteiger partial charge in [0.1, 0.15) is 0 Å². The molecule has 1 aromatic carbocycles. The second-order valence-corrected chi connectivity index (χ2v) is 3.42. The molecule has 0 bridgehead atoms. The zero-order valence-electron chi connectivity index (χ0n) is 9.09. The van der Waals surface area contributed by atoms with Gasteiger partial charge in [0.15, 0.2) is 11.5 Å². The van der Waals surface area contributed by atoms with Gasteiger partial charge in [0.2, 0.25) is 0 Å². The molecule has 1 aromatic rings. The Labute approximate surface area is 84.7 Å². The van der Waals surface area contributed by atoms with Gasteiger partial charge in [-0.05, 0) is 32.5 Å². The van der Waals surface area contributed by atoms with Crippen LogP contribution in [0.2, 0.25) is 0 Å². The summed E-state index contributed by atoms with van der Waals surface area (Å²) in [6.45, 7) is 3.97. The van der Waals surface area contributed by atoms with Crippen LogP contribution in [0.15, 0.2) is 12.1 Å². The van der Waals surface area contributed by atoms with Crippen molar-refractivity contribution in [2.75, 3.05) is 14.2 Å². The summed E-state index contributed by atoms with van der Waals surface area (Å²) < 4.78 is 5.08. The molecule has 0 aliphatic heterocycles. The Kier molecular flexibility index (Phi) is 3.36. The van der Waals surface area contributed by atoms with Crippen molar-refractivity contribution < 1.29 is 9.84 Å². The SMILES string of the molecule is CN[C@@H](C)c1cc(C)cc(OC)c1O. The molecule has 0 unspecified atom stereocenters. The van der Waals surface area contributed by atoms with Crippen molar-refractivity contribution in [3.63, 3.8) is 0 Å². The highest BCUT2D eigenvalue weighted by atomic mass is 16.5. The van der Waals surface area contributed by atoms with E-state index < -0.39 is 0 Å². The first kappa shape index (κ1) is 10.9. The molecule has 0 amide bonds. The maximum Gasteiger partial charge on any atom is 0.162 e. The zero-order chi connectivity index (χ0) is 10.7. The fourth-order valence-electron chi connectivity index (χ4n) is 1.41. The van der Waals surface area contributed by atoms with Crippen LogP contribution in [0.4, 0.5) is 0 Å². The molecule has 0 spiro atoms. The van der Waals surface area contributed by atoms with Crippen LogP contribution in [-0.2, 0) is 0 Å². The lowest BCUT2D eigenvalue weighted by Crippen LogP contribution is -2.12. The van der Waals surface area contributed by atoms with Crippen molar-refractivity contribution in [3.8, 4) is 11.5 Å². The van der Waals surface area contributed by atoms with E-state index in [2.05, 4.69) is 5.32 Å². The van der Waals surface area contributed by atoms with Gasteiger partial charge in [-0.15, -0.1) is 0 Å². The van der Waals surface area contributed by atoms with Crippen LogP contribution in [0, 0.1) is 6.92 Å². The number of aromatic hydroxyl groups is 1. The lowest BCUT2D eigenvalue weighted by molar-refractivity contribution is 0.367. The monoisotopic (exact) mass is 195 g/mol. The van der Waals surface area contributed by atoms with Crippen molar-refractivity contribution in [2.45, 2.75) is 19.9 Å². The normalized spacial score (nSPS) is 12.6. The van der Waals surface area contributed by atoms with E-state index in [4.69, 9.17) is 4.74 Å². The Morgan fingerprint density at radius 2 is 2.07 bits per heavy atom. The molecular formula is C11H17NO2. The van der Waals surface area contributed by atoms with Gasteiger partial charge in [0.05, 0.1) is 7.11 Å². The molecular weight excluding hydrogens is 178 g/mol. The van der Waals surface area contributed by atoms with Gasteiger partial charge < -0.3 is 15.2 Å². The number of nitrogens with one attached hydrogen (secondary N) is 1. The molecule has 0 radical (unpaired) electrons. The van der Waals surface area contributed by atoms with Crippen LogP contribution in [0.5, 0.6) is 11.5 Å². The highest BCUT2D eigenvalue weighted by molar-refractivity contribution is 5.49. The number of ether oxygens (including phenoxy) is 1. The molecule has 1 rings (SSSR count). The topological polar surface area (TPSA) is 41.5 Å². The van der Waals surface area contributed by atoms with Crippen LogP contribution in [0.3, 0.4) is 0 Å². The van der Waals surface area contributed by atoms with Gasteiger partial charge in [-0.3, -0.25) is 0 Å². The number of hydrogen-bond donors (Lipinski definition) is 2. The van der Waals surface area contributed by atoms with Gasteiger partial charge in [-0.25, -0.2) is 0 Å². The van der Waals surface area contributed by atoms with Crippen LogP contribution < -0.4 is 10.1 Å². The first-order valence-corrected chi connectivity index (χ1v) is 4.65. The van der Waals surface area contributed by atoms with Crippen molar-refractivity contribution in [1.29, 1.82) is 0 Å². The Morgan fingerprint density at radius 3 is 2.57 bits per heavy atom. The number of rotatable bonds is 3. The predicted octanol–water partition coefficient (Wildman–Crippen LogP) is 1.99. The lowest BCUT2D eigenvalue weighted by Gasteiger charge is -2.15. The molecule has 0 aliphatic carbocycles. The van der Waals surface area contributed by atoms with Crippen LogP contribution in [0.25, 0.3) is 0 Å². The first-order chi connectivity index (χ1) is 6.60. The highest BCUT2D eigenvalue weighted by Crippen LogP contribution is 2.34. The number of aryl methyl sites for hydroxylation is 1. The standard InChI is InChI=1S/C11H17NO2/c1-7-5-9(8(2)12-3)11(13)10(6-7)14-4/h5-6,8,12-13H,1-4H3/t8-/m0/s1. The third-order valence-corrected chi connectivity index (χ3v) is 2.37. The Bertz CT molecular complexity index is 323. The quantitative estimate of drug-likeness (QED) is 0.775. The average molecular weight is 195 g/mol. The third kappa shape index (κ3) is 1.99. The summed E-state index contributed by atoms with van der Waals surface area (Å²) in [7, 11) is 3.42. The minimum Gasteiger partial charge on any atom is -0.504 e. The second-order valence-electron chi connectivity index (χ2n) is 3.42. The minimum atomic E-state index is 0.115. The maximum atomic E-state index is 9.85. The molecule has 0 heterocycles. The van der Waals surface area contributed by atoms with Crippen LogP contribution in [0.1, 0.15) is 24.1 Å². The van der Waals surface area contributed by atoms with Crippen molar-refractivity contribution in [3.05, 3.63) is 23.3 Å². The van der Waals surface area contributed by atoms with Crippen LogP contribution in [-0.4, -0.2) is 19.3 Å². The van der Waals surface area contributed by atoms with E-state index in [1.807, 2.05) is 33.0 Å². The molecule has 3 nitrogen and oxygen atoms in total.